The van der Waals surface area contributed by atoms with Gasteiger partial charge in [0.15, 0.2) is 0 Å². The Morgan fingerprint density at radius 3 is 2.29 bits per heavy atom. The number of anilines is 1. The minimum atomic E-state index is -0.113. The van der Waals surface area contributed by atoms with Crippen LogP contribution in [0.2, 0.25) is 0 Å². The molecule has 2 aromatic carbocycles. The molecule has 2 aromatic rings. The lowest BCUT2D eigenvalue weighted by molar-refractivity contribution is 0.0935. The Morgan fingerprint density at radius 2 is 1.67 bits per heavy atom. The Kier molecular flexibility index (Phi) is 6.82. The van der Waals surface area contributed by atoms with Crippen LogP contribution in [0, 0.1) is 0 Å². The van der Waals surface area contributed by atoms with Gasteiger partial charge in [0.2, 0.25) is 0 Å². The van der Waals surface area contributed by atoms with Gasteiger partial charge in [-0.15, -0.1) is 0 Å². The number of carbonyl (C=O) groups is 1. The second-order valence-corrected chi connectivity index (χ2v) is 5.86. The van der Waals surface area contributed by atoms with Crippen LogP contribution in [0.1, 0.15) is 29.8 Å². The van der Waals surface area contributed by atoms with Crippen molar-refractivity contribution >= 4 is 11.6 Å². The van der Waals surface area contributed by atoms with Crippen LogP contribution in [0.5, 0.6) is 0 Å². The molecule has 0 bridgehead atoms. The van der Waals surface area contributed by atoms with Crippen molar-refractivity contribution in [2.75, 3.05) is 25.4 Å². The maximum atomic E-state index is 12.4. The molecule has 2 rings (SSSR count). The molecule has 24 heavy (non-hydrogen) atoms. The molecule has 0 saturated heterocycles. The molecule has 0 aromatic heterocycles. The van der Waals surface area contributed by atoms with Crippen molar-refractivity contribution in [3.8, 4) is 0 Å². The summed E-state index contributed by atoms with van der Waals surface area (Å²) < 4.78 is 0. The Labute approximate surface area is 144 Å². The van der Waals surface area contributed by atoms with Gasteiger partial charge in [0.1, 0.15) is 0 Å². The van der Waals surface area contributed by atoms with Crippen molar-refractivity contribution in [3.63, 3.8) is 0 Å². The Balaban J connectivity index is 2.05. The van der Waals surface area contributed by atoms with Crippen LogP contribution >= 0.6 is 0 Å². The monoisotopic (exact) mass is 325 g/mol. The van der Waals surface area contributed by atoms with E-state index in [2.05, 4.69) is 48.3 Å². The van der Waals surface area contributed by atoms with Gasteiger partial charge in [-0.2, -0.15) is 0 Å². The van der Waals surface area contributed by atoms with Crippen LogP contribution in [0.4, 0.5) is 5.69 Å². The fourth-order valence-electron chi connectivity index (χ4n) is 2.97. The van der Waals surface area contributed by atoms with E-state index in [1.54, 1.807) is 12.1 Å². The lowest BCUT2D eigenvalue weighted by atomic mass is 10.0. The quantitative estimate of drug-likeness (QED) is 0.734. The summed E-state index contributed by atoms with van der Waals surface area (Å²) in [5, 5.41) is 3.05. The van der Waals surface area contributed by atoms with Gasteiger partial charge in [0.25, 0.3) is 5.91 Å². The number of rotatable bonds is 8. The van der Waals surface area contributed by atoms with Gasteiger partial charge in [-0.05, 0) is 37.2 Å². The number of hydrogen-bond acceptors (Lipinski definition) is 3. The average molecular weight is 325 g/mol. The number of hydrogen-bond donors (Lipinski definition) is 2. The molecular formula is C20H27N3O. The van der Waals surface area contributed by atoms with Crippen LogP contribution < -0.4 is 11.1 Å². The van der Waals surface area contributed by atoms with E-state index >= 15 is 0 Å². The molecule has 1 amide bonds. The minimum Gasteiger partial charge on any atom is -0.398 e. The van der Waals surface area contributed by atoms with Gasteiger partial charge in [-0.1, -0.05) is 56.3 Å². The van der Waals surface area contributed by atoms with Gasteiger partial charge in [-0.25, -0.2) is 0 Å². The van der Waals surface area contributed by atoms with Gasteiger partial charge in [0, 0.05) is 18.3 Å². The standard InChI is InChI=1S/C20H27N3O/c1-3-23(4-2)17(14-16-10-6-5-7-11-16)15-22-20(24)18-12-8-9-13-19(18)21/h5-13,17H,3-4,14-15,21H2,1-2H3,(H,22,24). The zero-order valence-corrected chi connectivity index (χ0v) is 14.5. The molecule has 4 heteroatoms. The highest BCUT2D eigenvalue weighted by Crippen LogP contribution is 2.12. The van der Waals surface area contributed by atoms with E-state index in [1.165, 1.54) is 5.56 Å². The van der Waals surface area contributed by atoms with E-state index in [-0.39, 0.29) is 11.9 Å². The van der Waals surface area contributed by atoms with Crippen molar-refractivity contribution in [1.82, 2.24) is 10.2 Å². The number of nitrogens with zero attached hydrogens (tertiary/aromatic N) is 1. The van der Waals surface area contributed by atoms with Gasteiger partial charge in [0.05, 0.1) is 5.56 Å². The summed E-state index contributed by atoms with van der Waals surface area (Å²) in [6, 6.07) is 17.8. The van der Waals surface area contributed by atoms with E-state index in [0.29, 0.717) is 17.8 Å². The van der Waals surface area contributed by atoms with Crippen LogP contribution in [-0.4, -0.2) is 36.5 Å². The highest BCUT2D eigenvalue weighted by Gasteiger charge is 2.18. The maximum absolute atomic E-state index is 12.4. The van der Waals surface area contributed by atoms with Crippen molar-refractivity contribution in [2.45, 2.75) is 26.3 Å². The SMILES string of the molecule is CCN(CC)C(CNC(=O)c1ccccc1N)Cc1ccccc1. The van der Waals surface area contributed by atoms with Gasteiger partial charge < -0.3 is 11.1 Å². The highest BCUT2D eigenvalue weighted by atomic mass is 16.1. The molecule has 0 heterocycles. The van der Waals surface area contributed by atoms with Crippen molar-refractivity contribution in [2.24, 2.45) is 0 Å². The third-order valence-corrected chi connectivity index (χ3v) is 4.35. The summed E-state index contributed by atoms with van der Waals surface area (Å²) in [5.74, 6) is -0.113. The largest absolute Gasteiger partial charge is 0.398 e. The van der Waals surface area contributed by atoms with E-state index in [4.69, 9.17) is 5.73 Å². The van der Waals surface area contributed by atoms with E-state index in [9.17, 15) is 4.79 Å². The fourth-order valence-corrected chi connectivity index (χ4v) is 2.97. The first kappa shape index (κ1) is 18.0. The smallest absolute Gasteiger partial charge is 0.253 e. The number of nitrogens with two attached hydrogens (primary N) is 1. The number of nitrogen functional groups attached to an aromatic ring is 1. The normalized spacial score (nSPS) is 12.1. The predicted octanol–water partition coefficient (Wildman–Crippen LogP) is 2.95. The number of likely N-dealkylation sites (N-methyl/N-ethyl adjacent to an activating group) is 1. The summed E-state index contributed by atoms with van der Waals surface area (Å²) in [4.78, 5) is 14.8. The first-order chi connectivity index (χ1) is 11.7. The lowest BCUT2D eigenvalue weighted by Crippen LogP contribution is -2.45. The first-order valence-electron chi connectivity index (χ1n) is 8.56. The molecule has 0 aliphatic heterocycles. The fraction of sp³-hybridized carbons (Fsp3) is 0.350. The molecule has 4 nitrogen and oxygen atoms in total. The summed E-state index contributed by atoms with van der Waals surface area (Å²) in [7, 11) is 0. The van der Waals surface area contributed by atoms with Crippen LogP contribution in [0.3, 0.4) is 0 Å². The molecular weight excluding hydrogens is 298 g/mol. The van der Waals surface area contributed by atoms with Crippen LogP contribution in [-0.2, 0) is 6.42 Å². The number of amides is 1. The molecule has 0 radical (unpaired) electrons. The maximum Gasteiger partial charge on any atom is 0.253 e. The second kappa shape index (κ2) is 9.08. The summed E-state index contributed by atoms with van der Waals surface area (Å²) in [5.41, 5.74) is 8.22. The molecule has 128 valence electrons. The topological polar surface area (TPSA) is 58.4 Å². The van der Waals surface area contributed by atoms with Crippen LogP contribution in [0.15, 0.2) is 54.6 Å². The zero-order valence-electron chi connectivity index (χ0n) is 14.5. The van der Waals surface area contributed by atoms with E-state index < -0.39 is 0 Å². The first-order valence-corrected chi connectivity index (χ1v) is 8.56. The highest BCUT2D eigenvalue weighted by molar-refractivity contribution is 5.99. The molecule has 0 fully saturated rings. The lowest BCUT2D eigenvalue weighted by Gasteiger charge is -2.30. The van der Waals surface area contributed by atoms with Crippen molar-refractivity contribution in [3.05, 3.63) is 65.7 Å². The number of nitrogens with one attached hydrogen (secondary N) is 1. The number of carbonyl (C=O) groups excluding carboxylic acids is 1. The van der Waals surface area contributed by atoms with Gasteiger partial charge in [-0.3, -0.25) is 9.69 Å². The van der Waals surface area contributed by atoms with E-state index in [0.717, 1.165) is 19.5 Å². The number of para-hydroxylation sites is 1. The third kappa shape index (κ3) is 4.83. The van der Waals surface area contributed by atoms with Gasteiger partial charge >= 0.3 is 0 Å². The molecule has 0 aliphatic carbocycles. The molecule has 3 N–H and O–H groups in total. The van der Waals surface area contributed by atoms with E-state index in [1.807, 2.05) is 18.2 Å². The molecule has 1 unspecified atom stereocenters. The van der Waals surface area contributed by atoms with Crippen LogP contribution in [0.25, 0.3) is 0 Å². The summed E-state index contributed by atoms with van der Waals surface area (Å²) in [6.45, 7) is 6.81. The zero-order chi connectivity index (χ0) is 17.4. The number of benzene rings is 2. The predicted molar refractivity (Wildman–Crippen MR) is 100 cm³/mol. The molecule has 0 spiro atoms. The minimum absolute atomic E-state index is 0.113. The summed E-state index contributed by atoms with van der Waals surface area (Å²) in [6.07, 6.45) is 0.910. The third-order valence-electron chi connectivity index (χ3n) is 4.35. The average Bonchev–Trinajstić information content (AvgIpc) is 2.61. The summed E-state index contributed by atoms with van der Waals surface area (Å²) >= 11 is 0. The Morgan fingerprint density at radius 1 is 1.04 bits per heavy atom. The molecule has 1 atom stereocenters. The Hall–Kier alpha value is -2.33. The second-order valence-electron chi connectivity index (χ2n) is 5.86. The van der Waals surface area contributed by atoms with Crippen molar-refractivity contribution < 1.29 is 4.79 Å². The Bertz CT molecular complexity index is 638. The molecule has 0 saturated carbocycles. The van der Waals surface area contributed by atoms with Crippen molar-refractivity contribution in [1.29, 1.82) is 0 Å². The molecule has 0 aliphatic rings.